The predicted octanol–water partition coefficient (Wildman–Crippen LogP) is 2.61. The maximum absolute atomic E-state index is 5.22. The largest absolute Gasteiger partial charge is 0.461 e. The lowest BCUT2D eigenvalue weighted by molar-refractivity contribution is 0.379. The molecule has 0 aliphatic carbocycles. The van der Waals surface area contributed by atoms with Crippen molar-refractivity contribution in [3.63, 3.8) is 0 Å². The van der Waals surface area contributed by atoms with Crippen LogP contribution >= 0.6 is 11.8 Å². The first-order valence-corrected chi connectivity index (χ1v) is 6.53. The minimum absolute atomic E-state index is 0.0357. The second kappa shape index (κ2) is 4.88. The zero-order valence-electron chi connectivity index (χ0n) is 10.3. The number of furan rings is 1. The molecule has 0 radical (unpaired) electrons. The third-order valence-electron chi connectivity index (χ3n) is 2.39. The zero-order chi connectivity index (χ0) is 13.2. The number of nitrogens with zero attached hydrogens (tertiary/aromatic N) is 4. The van der Waals surface area contributed by atoms with Gasteiger partial charge in [0.15, 0.2) is 5.76 Å². The van der Waals surface area contributed by atoms with E-state index in [0.717, 1.165) is 5.82 Å². The topological polar surface area (TPSA) is 93.6 Å². The van der Waals surface area contributed by atoms with Crippen LogP contribution in [0.1, 0.15) is 23.9 Å². The number of hydrogen-bond acceptors (Lipinski definition) is 7. The van der Waals surface area contributed by atoms with Gasteiger partial charge in [-0.05, 0) is 26.0 Å². The van der Waals surface area contributed by atoms with E-state index in [1.54, 1.807) is 18.4 Å². The van der Waals surface area contributed by atoms with Crippen LogP contribution in [-0.2, 0) is 0 Å². The molecular weight excluding hydrogens is 266 g/mol. The van der Waals surface area contributed by atoms with Gasteiger partial charge >= 0.3 is 0 Å². The van der Waals surface area contributed by atoms with Gasteiger partial charge in [-0.3, -0.25) is 5.10 Å². The molecule has 1 atom stereocenters. The molecule has 0 spiro atoms. The maximum atomic E-state index is 5.22. The van der Waals surface area contributed by atoms with Crippen molar-refractivity contribution in [2.24, 2.45) is 0 Å². The van der Waals surface area contributed by atoms with E-state index in [2.05, 4.69) is 25.3 Å². The van der Waals surface area contributed by atoms with Gasteiger partial charge < -0.3 is 8.94 Å². The SMILES string of the molecule is Cc1nc(S[C@H](C)c2nc(-c3ccco3)no2)n[nH]1. The Morgan fingerprint density at radius 3 is 2.95 bits per heavy atom. The number of aromatic nitrogens is 5. The predicted molar refractivity (Wildman–Crippen MR) is 67.4 cm³/mol. The molecule has 3 aromatic heterocycles. The molecular formula is C11H11N5O2S. The highest BCUT2D eigenvalue weighted by molar-refractivity contribution is 7.99. The number of nitrogens with one attached hydrogen (secondary N) is 1. The van der Waals surface area contributed by atoms with Crippen molar-refractivity contribution in [1.82, 2.24) is 25.3 Å². The Morgan fingerprint density at radius 2 is 2.26 bits per heavy atom. The van der Waals surface area contributed by atoms with Crippen molar-refractivity contribution in [2.45, 2.75) is 24.3 Å². The van der Waals surface area contributed by atoms with Crippen LogP contribution in [0.4, 0.5) is 0 Å². The summed E-state index contributed by atoms with van der Waals surface area (Å²) in [5.74, 6) is 2.31. The van der Waals surface area contributed by atoms with E-state index in [9.17, 15) is 0 Å². The first-order chi connectivity index (χ1) is 9.22. The van der Waals surface area contributed by atoms with Gasteiger partial charge in [0, 0.05) is 0 Å². The van der Waals surface area contributed by atoms with Crippen LogP contribution in [0.3, 0.4) is 0 Å². The van der Waals surface area contributed by atoms with Crippen LogP contribution < -0.4 is 0 Å². The number of thioether (sulfide) groups is 1. The lowest BCUT2D eigenvalue weighted by Gasteiger charge is -2.00. The lowest BCUT2D eigenvalue weighted by atomic mass is 10.4. The molecule has 0 aromatic carbocycles. The molecule has 0 aliphatic heterocycles. The van der Waals surface area contributed by atoms with E-state index in [1.807, 2.05) is 13.8 Å². The van der Waals surface area contributed by atoms with E-state index < -0.39 is 0 Å². The molecule has 0 fully saturated rings. The summed E-state index contributed by atoms with van der Waals surface area (Å²) in [4.78, 5) is 8.52. The number of rotatable bonds is 4. The first-order valence-electron chi connectivity index (χ1n) is 5.65. The van der Waals surface area contributed by atoms with Crippen LogP contribution in [0.15, 0.2) is 32.5 Å². The van der Waals surface area contributed by atoms with Crippen molar-refractivity contribution in [3.8, 4) is 11.6 Å². The second-order valence-electron chi connectivity index (χ2n) is 3.90. The molecule has 0 unspecified atom stereocenters. The quantitative estimate of drug-likeness (QED) is 0.732. The van der Waals surface area contributed by atoms with Crippen molar-refractivity contribution < 1.29 is 8.94 Å². The molecule has 3 rings (SSSR count). The standard InChI is InChI=1S/C11H11N5O2S/c1-6(19-11-12-7(2)14-15-11)10-13-9(16-18-10)8-4-3-5-17-8/h3-6H,1-2H3,(H,12,14,15)/t6-/m1/s1. The summed E-state index contributed by atoms with van der Waals surface area (Å²) in [7, 11) is 0. The average molecular weight is 277 g/mol. The minimum Gasteiger partial charge on any atom is -0.461 e. The van der Waals surface area contributed by atoms with E-state index in [1.165, 1.54) is 11.8 Å². The average Bonchev–Trinajstić information content (AvgIpc) is 3.08. The molecule has 8 heteroatoms. The molecule has 3 aromatic rings. The van der Waals surface area contributed by atoms with Gasteiger partial charge in [0.2, 0.25) is 16.9 Å². The molecule has 0 aliphatic rings. The minimum atomic E-state index is -0.0357. The fraction of sp³-hybridized carbons (Fsp3) is 0.273. The van der Waals surface area contributed by atoms with Crippen LogP contribution in [0.5, 0.6) is 0 Å². The summed E-state index contributed by atoms with van der Waals surface area (Å²) in [6, 6.07) is 3.56. The maximum Gasteiger partial charge on any atom is 0.240 e. The fourth-order valence-corrected chi connectivity index (χ4v) is 2.29. The molecule has 0 bridgehead atoms. The van der Waals surface area contributed by atoms with Gasteiger partial charge in [-0.1, -0.05) is 16.9 Å². The second-order valence-corrected chi connectivity index (χ2v) is 5.20. The molecule has 19 heavy (non-hydrogen) atoms. The van der Waals surface area contributed by atoms with Crippen molar-refractivity contribution in [1.29, 1.82) is 0 Å². The third kappa shape index (κ3) is 2.53. The van der Waals surface area contributed by atoms with Crippen molar-refractivity contribution >= 4 is 11.8 Å². The Bertz CT molecular complexity index is 660. The molecule has 98 valence electrons. The summed E-state index contributed by atoms with van der Waals surface area (Å²) in [6.45, 7) is 3.80. The van der Waals surface area contributed by atoms with Crippen molar-refractivity contribution in [3.05, 3.63) is 30.1 Å². The highest BCUT2D eigenvalue weighted by atomic mass is 32.2. The zero-order valence-corrected chi connectivity index (χ0v) is 11.1. The number of aromatic amines is 1. The monoisotopic (exact) mass is 277 g/mol. The third-order valence-corrected chi connectivity index (χ3v) is 3.34. The summed E-state index contributed by atoms with van der Waals surface area (Å²) in [5.41, 5.74) is 0. The van der Waals surface area contributed by atoms with E-state index in [4.69, 9.17) is 8.94 Å². The Kier molecular flexibility index (Phi) is 3.08. The van der Waals surface area contributed by atoms with Crippen LogP contribution in [0.25, 0.3) is 11.6 Å². The highest BCUT2D eigenvalue weighted by Crippen LogP contribution is 2.32. The van der Waals surface area contributed by atoms with Crippen LogP contribution in [-0.4, -0.2) is 25.3 Å². The fourth-order valence-electron chi connectivity index (χ4n) is 1.49. The lowest BCUT2D eigenvalue weighted by Crippen LogP contribution is -1.90. The van der Waals surface area contributed by atoms with Gasteiger partial charge in [-0.2, -0.15) is 4.98 Å². The smallest absolute Gasteiger partial charge is 0.240 e. The normalized spacial score (nSPS) is 12.7. The Balaban J connectivity index is 1.75. The molecule has 1 N–H and O–H groups in total. The Labute approximate surface area is 112 Å². The van der Waals surface area contributed by atoms with Gasteiger partial charge in [0.25, 0.3) is 0 Å². The highest BCUT2D eigenvalue weighted by Gasteiger charge is 2.19. The summed E-state index contributed by atoms with van der Waals surface area (Å²) < 4.78 is 10.4. The summed E-state index contributed by atoms with van der Waals surface area (Å²) >= 11 is 1.45. The van der Waals surface area contributed by atoms with E-state index in [-0.39, 0.29) is 5.25 Å². The van der Waals surface area contributed by atoms with Gasteiger partial charge in [-0.15, -0.1) is 5.10 Å². The van der Waals surface area contributed by atoms with E-state index in [0.29, 0.717) is 22.6 Å². The number of aryl methyl sites for hydroxylation is 1. The van der Waals surface area contributed by atoms with Gasteiger partial charge in [-0.25, -0.2) is 4.98 Å². The number of H-pyrrole nitrogens is 1. The Hall–Kier alpha value is -2.09. The molecule has 0 amide bonds. The van der Waals surface area contributed by atoms with Gasteiger partial charge in [0.05, 0.1) is 11.5 Å². The van der Waals surface area contributed by atoms with Crippen LogP contribution in [0.2, 0.25) is 0 Å². The molecule has 0 saturated heterocycles. The summed E-state index contributed by atoms with van der Waals surface area (Å²) in [5, 5.41) is 11.4. The van der Waals surface area contributed by atoms with Crippen molar-refractivity contribution in [2.75, 3.05) is 0 Å². The molecule has 0 saturated carbocycles. The van der Waals surface area contributed by atoms with Gasteiger partial charge in [0.1, 0.15) is 5.82 Å². The Morgan fingerprint density at radius 1 is 1.37 bits per heavy atom. The summed E-state index contributed by atoms with van der Waals surface area (Å²) in [6.07, 6.45) is 1.57. The molecule has 7 nitrogen and oxygen atoms in total. The van der Waals surface area contributed by atoms with Crippen LogP contribution in [0, 0.1) is 6.92 Å². The molecule has 3 heterocycles. The number of hydrogen-bond donors (Lipinski definition) is 1. The first kappa shape index (κ1) is 12.0. The van der Waals surface area contributed by atoms with E-state index >= 15 is 0 Å².